The van der Waals surface area contributed by atoms with E-state index in [-0.39, 0.29) is 35.1 Å². The predicted molar refractivity (Wildman–Crippen MR) is 112 cm³/mol. The number of hydrogen-bond donors (Lipinski definition) is 0. The summed E-state index contributed by atoms with van der Waals surface area (Å²) < 4.78 is 0. The number of benzene rings is 1. The third-order valence-electron chi connectivity index (χ3n) is 5.90. The van der Waals surface area contributed by atoms with Crippen molar-refractivity contribution in [1.82, 2.24) is 4.98 Å². The zero-order chi connectivity index (χ0) is 21.6. The first kappa shape index (κ1) is 19.9. The number of nitro groups is 1. The van der Waals surface area contributed by atoms with Crippen LogP contribution in [0.1, 0.15) is 50.2 Å². The molecule has 4 rings (SSSR count). The Labute approximate surface area is 174 Å². The molecule has 1 aromatic carbocycles. The van der Waals surface area contributed by atoms with Crippen molar-refractivity contribution in [3.63, 3.8) is 0 Å². The molecule has 154 valence electrons. The minimum atomic E-state index is -0.470. The fourth-order valence-corrected chi connectivity index (χ4v) is 4.53. The van der Waals surface area contributed by atoms with Gasteiger partial charge in [-0.05, 0) is 42.0 Å². The summed E-state index contributed by atoms with van der Waals surface area (Å²) in [6, 6.07) is 8.18. The molecule has 0 radical (unpaired) electrons. The van der Waals surface area contributed by atoms with Crippen LogP contribution in [0.25, 0.3) is 0 Å². The molecule has 1 aliphatic carbocycles. The number of aromatic nitrogens is 1. The van der Waals surface area contributed by atoms with E-state index in [1.807, 2.05) is 32.9 Å². The van der Waals surface area contributed by atoms with Gasteiger partial charge in [-0.3, -0.25) is 29.6 Å². The molecule has 0 bridgehead atoms. The van der Waals surface area contributed by atoms with Gasteiger partial charge in [0.25, 0.3) is 5.69 Å². The van der Waals surface area contributed by atoms with E-state index >= 15 is 0 Å². The highest BCUT2D eigenvalue weighted by molar-refractivity contribution is 6.08. The maximum Gasteiger partial charge on any atom is 0.271 e. The van der Waals surface area contributed by atoms with Gasteiger partial charge in [-0.2, -0.15) is 0 Å². The lowest BCUT2D eigenvalue weighted by Crippen LogP contribution is -2.44. The summed E-state index contributed by atoms with van der Waals surface area (Å²) in [5, 5.41) is 11.3. The van der Waals surface area contributed by atoms with Crippen LogP contribution in [-0.4, -0.2) is 21.6 Å². The number of pyridine rings is 1. The minimum absolute atomic E-state index is 0.0312. The highest BCUT2D eigenvalue weighted by atomic mass is 16.6. The molecule has 2 aliphatic rings. The second-order valence-corrected chi connectivity index (χ2v) is 8.80. The van der Waals surface area contributed by atoms with Gasteiger partial charge in [-0.1, -0.05) is 19.9 Å². The van der Waals surface area contributed by atoms with Crippen molar-refractivity contribution in [2.75, 3.05) is 4.90 Å². The number of ketones is 1. The van der Waals surface area contributed by atoms with E-state index < -0.39 is 4.92 Å². The summed E-state index contributed by atoms with van der Waals surface area (Å²) >= 11 is 0. The fourth-order valence-electron chi connectivity index (χ4n) is 4.53. The molecule has 0 fully saturated rings. The molecule has 1 aromatic heterocycles. The molecular formula is C23H23N3O4. The Morgan fingerprint density at radius 2 is 1.83 bits per heavy atom. The van der Waals surface area contributed by atoms with Crippen LogP contribution in [0.2, 0.25) is 0 Å². The molecular weight excluding hydrogens is 382 g/mol. The summed E-state index contributed by atoms with van der Waals surface area (Å²) in [5.74, 6) is -0.456. The van der Waals surface area contributed by atoms with E-state index in [0.29, 0.717) is 29.8 Å². The van der Waals surface area contributed by atoms with Gasteiger partial charge in [-0.25, -0.2) is 0 Å². The average Bonchev–Trinajstić information content (AvgIpc) is 2.67. The number of carbonyl (C=O) groups excluding carboxylic acids is 2. The lowest BCUT2D eigenvalue weighted by atomic mass is 9.69. The molecule has 7 nitrogen and oxygen atoms in total. The van der Waals surface area contributed by atoms with E-state index in [0.717, 1.165) is 11.1 Å². The Morgan fingerprint density at radius 1 is 1.13 bits per heavy atom. The van der Waals surface area contributed by atoms with E-state index in [1.54, 1.807) is 23.4 Å². The van der Waals surface area contributed by atoms with Gasteiger partial charge >= 0.3 is 0 Å². The summed E-state index contributed by atoms with van der Waals surface area (Å²) in [5.41, 5.74) is 3.03. The number of hydrogen-bond acceptors (Lipinski definition) is 5. The summed E-state index contributed by atoms with van der Waals surface area (Å²) in [6.07, 6.45) is 4.41. The largest absolute Gasteiger partial charge is 0.294 e. The second kappa shape index (κ2) is 7.16. The lowest BCUT2D eigenvalue weighted by Gasteiger charge is -2.43. The molecule has 7 heteroatoms. The zero-order valence-corrected chi connectivity index (χ0v) is 17.2. The predicted octanol–water partition coefficient (Wildman–Crippen LogP) is 4.46. The molecule has 2 aromatic rings. The number of Topliss-reactive ketones (excluding diaryl/α,β-unsaturated/α-hetero) is 1. The molecule has 1 aliphatic heterocycles. The van der Waals surface area contributed by atoms with Crippen molar-refractivity contribution in [2.24, 2.45) is 5.41 Å². The molecule has 0 N–H and O–H groups in total. The average molecular weight is 405 g/mol. The first-order valence-electron chi connectivity index (χ1n) is 9.92. The Kier molecular flexibility index (Phi) is 4.76. The Balaban J connectivity index is 1.94. The molecule has 2 heterocycles. The highest BCUT2D eigenvalue weighted by Gasteiger charge is 2.44. The lowest BCUT2D eigenvalue weighted by molar-refractivity contribution is -0.384. The van der Waals surface area contributed by atoms with Crippen LogP contribution in [-0.2, 0) is 9.59 Å². The molecule has 1 unspecified atom stereocenters. The van der Waals surface area contributed by atoms with Gasteiger partial charge in [0.05, 0.1) is 10.6 Å². The SMILES string of the molecule is Cc1ccc([N+](=O)[O-])cc1N1C(=O)CC(c2ccncc2)C2=C1CC(C)(C)CC2=O. The monoisotopic (exact) mass is 405 g/mol. The third kappa shape index (κ3) is 3.40. The Hall–Kier alpha value is -3.35. The van der Waals surface area contributed by atoms with Crippen molar-refractivity contribution < 1.29 is 14.5 Å². The number of carbonyl (C=O) groups is 2. The molecule has 0 spiro atoms. The number of anilines is 1. The first-order chi connectivity index (χ1) is 14.2. The van der Waals surface area contributed by atoms with Gasteiger partial charge in [0.15, 0.2) is 5.78 Å². The maximum absolute atomic E-state index is 13.4. The Bertz CT molecular complexity index is 1090. The van der Waals surface area contributed by atoms with E-state index in [4.69, 9.17) is 0 Å². The smallest absolute Gasteiger partial charge is 0.271 e. The van der Waals surface area contributed by atoms with Crippen molar-refractivity contribution >= 4 is 23.1 Å². The van der Waals surface area contributed by atoms with Crippen LogP contribution in [0.3, 0.4) is 0 Å². The van der Waals surface area contributed by atoms with Gasteiger partial charge < -0.3 is 0 Å². The number of rotatable bonds is 3. The number of nitro benzene ring substituents is 1. The second-order valence-electron chi connectivity index (χ2n) is 8.80. The molecule has 0 saturated carbocycles. The molecule has 0 saturated heterocycles. The van der Waals surface area contributed by atoms with Gasteiger partial charge in [0.2, 0.25) is 5.91 Å². The third-order valence-corrected chi connectivity index (χ3v) is 5.90. The number of allylic oxidation sites excluding steroid dienone is 2. The zero-order valence-electron chi connectivity index (χ0n) is 17.2. The quantitative estimate of drug-likeness (QED) is 0.555. The van der Waals surface area contributed by atoms with Crippen molar-refractivity contribution in [3.8, 4) is 0 Å². The standard InChI is InChI=1S/C23H23N3O4/c1-14-4-5-16(26(29)30)10-18(14)25-19-12-23(2,3)13-20(27)22(19)17(11-21(25)28)15-6-8-24-9-7-15/h4-10,17H,11-13H2,1-3H3. The van der Waals surface area contributed by atoms with Gasteiger partial charge in [-0.15, -0.1) is 0 Å². The van der Waals surface area contributed by atoms with Gasteiger partial charge in [0.1, 0.15) is 0 Å². The van der Waals surface area contributed by atoms with Crippen molar-refractivity contribution in [2.45, 2.75) is 46.0 Å². The number of non-ortho nitro benzene ring substituents is 1. The van der Waals surface area contributed by atoms with Crippen LogP contribution >= 0.6 is 0 Å². The van der Waals surface area contributed by atoms with Crippen LogP contribution < -0.4 is 4.90 Å². The Morgan fingerprint density at radius 3 is 2.50 bits per heavy atom. The van der Waals surface area contributed by atoms with Crippen LogP contribution in [0.5, 0.6) is 0 Å². The number of amides is 1. The van der Waals surface area contributed by atoms with Crippen LogP contribution in [0.4, 0.5) is 11.4 Å². The maximum atomic E-state index is 13.4. The van der Waals surface area contributed by atoms with E-state index in [1.165, 1.54) is 12.1 Å². The normalized spacial score (nSPS) is 20.9. The fraction of sp³-hybridized carbons (Fsp3) is 0.348. The molecule has 30 heavy (non-hydrogen) atoms. The minimum Gasteiger partial charge on any atom is -0.294 e. The molecule has 1 amide bonds. The molecule has 1 atom stereocenters. The number of nitrogens with zero attached hydrogens (tertiary/aromatic N) is 3. The van der Waals surface area contributed by atoms with Crippen molar-refractivity contribution in [3.05, 3.63) is 75.2 Å². The summed E-state index contributed by atoms with van der Waals surface area (Å²) in [4.78, 5) is 43.1. The topological polar surface area (TPSA) is 93.4 Å². The van der Waals surface area contributed by atoms with Gasteiger partial charge in [0, 0.05) is 54.6 Å². The van der Waals surface area contributed by atoms with Crippen molar-refractivity contribution in [1.29, 1.82) is 0 Å². The van der Waals surface area contributed by atoms with E-state index in [9.17, 15) is 19.7 Å². The first-order valence-corrected chi connectivity index (χ1v) is 9.92. The van der Waals surface area contributed by atoms with E-state index in [2.05, 4.69) is 4.98 Å². The number of aryl methyl sites for hydroxylation is 1. The summed E-state index contributed by atoms with van der Waals surface area (Å²) in [6.45, 7) is 5.83. The van der Waals surface area contributed by atoms with Crippen LogP contribution in [0, 0.1) is 22.5 Å². The van der Waals surface area contributed by atoms with Crippen LogP contribution in [0.15, 0.2) is 54.0 Å². The highest BCUT2D eigenvalue weighted by Crippen LogP contribution is 2.48. The summed E-state index contributed by atoms with van der Waals surface area (Å²) in [7, 11) is 0.